The summed E-state index contributed by atoms with van der Waals surface area (Å²) in [4.78, 5) is 25.2. The van der Waals surface area contributed by atoms with Crippen LogP contribution in [0.25, 0.3) is 0 Å². The van der Waals surface area contributed by atoms with Crippen molar-refractivity contribution in [1.82, 2.24) is 19.8 Å². The van der Waals surface area contributed by atoms with Gasteiger partial charge in [-0.15, -0.1) is 0 Å². The molecule has 1 aromatic carbocycles. The third-order valence-corrected chi connectivity index (χ3v) is 4.65. The number of rotatable bonds is 5. The van der Waals surface area contributed by atoms with Gasteiger partial charge in [0.1, 0.15) is 5.75 Å². The van der Waals surface area contributed by atoms with E-state index in [9.17, 15) is 4.79 Å². The summed E-state index contributed by atoms with van der Waals surface area (Å²) in [5.41, 5.74) is 1.15. The van der Waals surface area contributed by atoms with Crippen LogP contribution in [0.3, 0.4) is 0 Å². The maximum atomic E-state index is 12.6. The predicted molar refractivity (Wildman–Crippen MR) is 101 cm³/mol. The molecule has 0 atom stereocenters. The smallest absolute Gasteiger partial charge is 0.257 e. The molecule has 1 N–H and O–H groups in total. The maximum Gasteiger partial charge on any atom is 0.257 e. The first-order valence-electron chi connectivity index (χ1n) is 8.55. The highest BCUT2D eigenvalue weighted by molar-refractivity contribution is 6.31. The average molecular weight is 376 g/mol. The number of carbonyl (C=O) groups excluding carboxylic acids is 1. The normalized spacial score (nSPS) is 15.0. The summed E-state index contributed by atoms with van der Waals surface area (Å²) in [7, 11) is 1.58. The van der Waals surface area contributed by atoms with E-state index in [1.165, 1.54) is 0 Å². The van der Waals surface area contributed by atoms with Gasteiger partial charge in [-0.05, 0) is 24.7 Å². The average Bonchev–Trinajstić information content (AvgIpc) is 2.68. The largest absolute Gasteiger partial charge is 0.495 e. The van der Waals surface area contributed by atoms with Gasteiger partial charge in [-0.1, -0.05) is 18.5 Å². The minimum Gasteiger partial charge on any atom is -0.495 e. The number of nitrogens with zero attached hydrogens (tertiary/aromatic N) is 4. The third kappa shape index (κ3) is 4.23. The van der Waals surface area contributed by atoms with E-state index in [1.807, 2.05) is 4.90 Å². The van der Waals surface area contributed by atoms with Crippen LogP contribution in [-0.2, 0) is 0 Å². The number of anilines is 2. The minimum absolute atomic E-state index is 0.0346. The first kappa shape index (κ1) is 18.4. The number of aromatic nitrogens is 2. The SMILES string of the molecule is CCN1CCN(C(=O)c2cnc(Nc3cc(Cl)ccc3OC)nc2)CC1. The lowest BCUT2D eigenvalue weighted by molar-refractivity contribution is 0.0642. The molecule has 1 aliphatic rings. The molecule has 1 aromatic heterocycles. The summed E-state index contributed by atoms with van der Waals surface area (Å²) >= 11 is 6.02. The van der Waals surface area contributed by atoms with E-state index < -0.39 is 0 Å². The van der Waals surface area contributed by atoms with Crippen molar-refractivity contribution in [2.24, 2.45) is 0 Å². The first-order chi connectivity index (χ1) is 12.6. The summed E-state index contributed by atoms with van der Waals surface area (Å²) < 4.78 is 5.29. The van der Waals surface area contributed by atoms with Crippen molar-refractivity contribution >= 4 is 29.1 Å². The van der Waals surface area contributed by atoms with Crippen LogP contribution in [-0.4, -0.2) is 65.5 Å². The van der Waals surface area contributed by atoms with Gasteiger partial charge in [-0.3, -0.25) is 4.79 Å². The number of likely N-dealkylation sites (N-methyl/N-ethyl adjacent to an activating group) is 1. The first-order valence-corrected chi connectivity index (χ1v) is 8.92. The van der Waals surface area contributed by atoms with Gasteiger partial charge in [0.15, 0.2) is 0 Å². The summed E-state index contributed by atoms with van der Waals surface area (Å²) in [6.45, 7) is 6.40. The van der Waals surface area contributed by atoms with Gasteiger partial charge < -0.3 is 19.9 Å². The molecule has 1 saturated heterocycles. The van der Waals surface area contributed by atoms with E-state index in [2.05, 4.69) is 27.1 Å². The van der Waals surface area contributed by atoms with Crippen LogP contribution in [0.15, 0.2) is 30.6 Å². The van der Waals surface area contributed by atoms with Gasteiger partial charge in [-0.2, -0.15) is 0 Å². The molecule has 7 nitrogen and oxygen atoms in total. The maximum absolute atomic E-state index is 12.6. The zero-order valence-electron chi connectivity index (χ0n) is 14.9. The Kier molecular flexibility index (Phi) is 5.90. The number of halogens is 1. The number of hydrogen-bond donors (Lipinski definition) is 1. The molecular formula is C18H22ClN5O2. The van der Waals surface area contributed by atoms with Crippen molar-refractivity contribution in [3.8, 4) is 5.75 Å². The number of piperazine rings is 1. The van der Waals surface area contributed by atoms with Crippen LogP contribution in [0, 0.1) is 0 Å². The molecule has 2 heterocycles. The lowest BCUT2D eigenvalue weighted by Crippen LogP contribution is -2.48. The summed E-state index contributed by atoms with van der Waals surface area (Å²) in [5, 5.41) is 3.64. The van der Waals surface area contributed by atoms with Gasteiger partial charge in [0.25, 0.3) is 5.91 Å². The summed E-state index contributed by atoms with van der Waals surface area (Å²) in [5.74, 6) is 0.970. The van der Waals surface area contributed by atoms with Crippen LogP contribution in [0.2, 0.25) is 5.02 Å². The Hall–Kier alpha value is -2.38. The molecule has 26 heavy (non-hydrogen) atoms. The van der Waals surface area contributed by atoms with Crippen molar-refractivity contribution in [1.29, 1.82) is 0 Å². The summed E-state index contributed by atoms with van der Waals surface area (Å²) in [6.07, 6.45) is 3.09. The molecule has 1 aliphatic heterocycles. The highest BCUT2D eigenvalue weighted by atomic mass is 35.5. The Bertz CT molecular complexity index is 761. The fraction of sp³-hybridized carbons (Fsp3) is 0.389. The van der Waals surface area contributed by atoms with Gasteiger partial charge in [-0.25, -0.2) is 9.97 Å². The second kappa shape index (κ2) is 8.33. The van der Waals surface area contributed by atoms with E-state index in [-0.39, 0.29) is 5.91 Å². The molecule has 0 spiro atoms. The van der Waals surface area contributed by atoms with Gasteiger partial charge in [0, 0.05) is 43.6 Å². The number of amides is 1. The van der Waals surface area contributed by atoms with Crippen molar-refractivity contribution in [3.05, 3.63) is 41.2 Å². The molecule has 2 aromatic rings. The van der Waals surface area contributed by atoms with Crippen molar-refractivity contribution < 1.29 is 9.53 Å². The van der Waals surface area contributed by atoms with Crippen LogP contribution >= 0.6 is 11.6 Å². The molecule has 0 bridgehead atoms. The molecule has 0 saturated carbocycles. The number of nitrogens with one attached hydrogen (secondary N) is 1. The predicted octanol–water partition coefficient (Wildman–Crippen LogP) is 2.66. The lowest BCUT2D eigenvalue weighted by atomic mass is 10.2. The highest BCUT2D eigenvalue weighted by Crippen LogP contribution is 2.29. The Labute approximate surface area is 157 Å². The summed E-state index contributed by atoms with van der Waals surface area (Å²) in [6, 6.07) is 5.24. The number of carbonyl (C=O) groups is 1. The fourth-order valence-corrected chi connectivity index (χ4v) is 3.02. The minimum atomic E-state index is -0.0346. The topological polar surface area (TPSA) is 70.6 Å². The standard InChI is InChI=1S/C18H22ClN5O2/c1-3-23-6-8-24(9-7-23)17(25)13-11-20-18(21-12-13)22-15-10-14(19)4-5-16(15)26-2/h4-5,10-12H,3,6-9H2,1-2H3,(H,20,21,22). The molecule has 0 aliphatic carbocycles. The van der Waals surface area contributed by atoms with Crippen LogP contribution in [0.5, 0.6) is 5.75 Å². The van der Waals surface area contributed by atoms with E-state index in [1.54, 1.807) is 37.7 Å². The second-order valence-corrected chi connectivity index (χ2v) is 6.43. The Balaban J connectivity index is 1.67. The molecule has 0 radical (unpaired) electrons. The van der Waals surface area contributed by atoms with Crippen LogP contribution in [0.4, 0.5) is 11.6 Å². The highest BCUT2D eigenvalue weighted by Gasteiger charge is 2.21. The quantitative estimate of drug-likeness (QED) is 0.866. The van der Waals surface area contributed by atoms with Gasteiger partial charge in [0.05, 0.1) is 18.4 Å². The van der Waals surface area contributed by atoms with Gasteiger partial charge in [0.2, 0.25) is 5.95 Å². The number of hydrogen-bond acceptors (Lipinski definition) is 6. The molecular weight excluding hydrogens is 354 g/mol. The van der Waals surface area contributed by atoms with Crippen LogP contribution in [0.1, 0.15) is 17.3 Å². The zero-order chi connectivity index (χ0) is 18.5. The van der Waals surface area contributed by atoms with E-state index in [4.69, 9.17) is 16.3 Å². The van der Waals surface area contributed by atoms with Crippen molar-refractivity contribution in [2.45, 2.75) is 6.92 Å². The molecule has 138 valence electrons. The van der Waals surface area contributed by atoms with E-state index in [0.29, 0.717) is 28.0 Å². The van der Waals surface area contributed by atoms with Crippen molar-refractivity contribution in [3.63, 3.8) is 0 Å². The van der Waals surface area contributed by atoms with E-state index in [0.717, 1.165) is 32.7 Å². The Morgan fingerprint density at radius 2 is 1.92 bits per heavy atom. The Morgan fingerprint density at radius 1 is 1.23 bits per heavy atom. The second-order valence-electron chi connectivity index (χ2n) is 5.99. The monoisotopic (exact) mass is 375 g/mol. The molecule has 8 heteroatoms. The van der Waals surface area contributed by atoms with Crippen LogP contribution < -0.4 is 10.1 Å². The zero-order valence-corrected chi connectivity index (χ0v) is 15.7. The fourth-order valence-electron chi connectivity index (χ4n) is 2.85. The molecule has 1 amide bonds. The van der Waals surface area contributed by atoms with E-state index >= 15 is 0 Å². The number of ether oxygens (including phenoxy) is 1. The molecule has 3 rings (SSSR count). The lowest BCUT2D eigenvalue weighted by Gasteiger charge is -2.33. The Morgan fingerprint density at radius 3 is 2.54 bits per heavy atom. The van der Waals surface area contributed by atoms with Crippen molar-refractivity contribution in [2.75, 3.05) is 45.2 Å². The number of benzene rings is 1. The number of methoxy groups -OCH3 is 1. The van der Waals surface area contributed by atoms with Gasteiger partial charge >= 0.3 is 0 Å². The molecule has 1 fully saturated rings. The molecule has 0 unspecified atom stereocenters. The third-order valence-electron chi connectivity index (χ3n) is 4.41.